The van der Waals surface area contributed by atoms with Crippen LogP contribution in [0.1, 0.15) is 6.92 Å². The number of phenols is 1. The van der Waals surface area contributed by atoms with Gasteiger partial charge in [0.05, 0.1) is 0 Å². The van der Waals surface area contributed by atoms with Crippen LogP contribution in [0.2, 0.25) is 0 Å². The predicted octanol–water partition coefficient (Wildman–Crippen LogP) is 3.26. The lowest BCUT2D eigenvalue weighted by molar-refractivity contribution is -0.112. The van der Waals surface area contributed by atoms with Crippen LogP contribution < -0.4 is 10.2 Å². The van der Waals surface area contributed by atoms with Gasteiger partial charge in [-0.2, -0.15) is 5.26 Å². The Hall–Kier alpha value is -3.26. The van der Waals surface area contributed by atoms with Crippen LogP contribution in [0.4, 0.5) is 11.4 Å². The van der Waals surface area contributed by atoms with Crippen molar-refractivity contribution in [1.29, 1.82) is 5.26 Å². The molecule has 0 saturated heterocycles. The van der Waals surface area contributed by atoms with Gasteiger partial charge in [0.1, 0.15) is 17.4 Å². The largest absolute Gasteiger partial charge is 0.508 e. The van der Waals surface area contributed by atoms with Gasteiger partial charge in [-0.3, -0.25) is 4.79 Å². The van der Waals surface area contributed by atoms with Crippen LogP contribution in [-0.2, 0) is 4.79 Å². The molecule has 0 spiro atoms. The zero-order chi connectivity index (χ0) is 16.7. The molecule has 0 bridgehead atoms. The standard InChI is InChI=1S/C18H17N3O2/c1-2-21(16-6-4-3-5-7-16)13-14(12-19)18(23)20-15-8-10-17(22)11-9-15/h3-11,13,22H,2H2,1H3,(H,20,23)/b14-13-. The predicted molar refractivity (Wildman–Crippen MR) is 89.9 cm³/mol. The van der Waals surface area contributed by atoms with Gasteiger partial charge in [-0.25, -0.2) is 0 Å². The number of anilines is 2. The van der Waals surface area contributed by atoms with E-state index in [4.69, 9.17) is 0 Å². The number of nitrogens with zero attached hydrogens (tertiary/aromatic N) is 2. The molecule has 116 valence electrons. The number of para-hydroxylation sites is 1. The van der Waals surface area contributed by atoms with Crippen molar-refractivity contribution in [2.75, 3.05) is 16.8 Å². The highest BCUT2D eigenvalue weighted by Gasteiger charge is 2.12. The first kappa shape index (κ1) is 16.1. The van der Waals surface area contributed by atoms with E-state index in [9.17, 15) is 15.2 Å². The molecule has 1 amide bonds. The van der Waals surface area contributed by atoms with Gasteiger partial charge in [0.25, 0.3) is 5.91 Å². The summed E-state index contributed by atoms with van der Waals surface area (Å²) in [5, 5.41) is 21.1. The summed E-state index contributed by atoms with van der Waals surface area (Å²) in [6.07, 6.45) is 1.53. The highest BCUT2D eigenvalue weighted by molar-refractivity contribution is 6.06. The molecule has 2 N–H and O–H groups in total. The van der Waals surface area contributed by atoms with Gasteiger partial charge in [-0.05, 0) is 43.3 Å². The van der Waals surface area contributed by atoms with Gasteiger partial charge in [-0.15, -0.1) is 0 Å². The second-order valence-corrected chi connectivity index (χ2v) is 4.78. The lowest BCUT2D eigenvalue weighted by Gasteiger charge is -2.18. The molecule has 0 fully saturated rings. The number of amides is 1. The number of carbonyl (C=O) groups excluding carboxylic acids is 1. The van der Waals surface area contributed by atoms with E-state index in [0.29, 0.717) is 12.2 Å². The molecule has 23 heavy (non-hydrogen) atoms. The maximum absolute atomic E-state index is 12.2. The van der Waals surface area contributed by atoms with Crippen LogP contribution >= 0.6 is 0 Å². The summed E-state index contributed by atoms with van der Waals surface area (Å²) in [7, 11) is 0. The molecule has 0 heterocycles. The topological polar surface area (TPSA) is 76.4 Å². The summed E-state index contributed by atoms with van der Waals surface area (Å²) in [5.74, 6) is -0.382. The minimum atomic E-state index is -0.493. The molecule has 5 nitrogen and oxygen atoms in total. The molecular formula is C18H17N3O2. The van der Waals surface area contributed by atoms with Crippen LogP contribution in [0.15, 0.2) is 66.4 Å². The second-order valence-electron chi connectivity index (χ2n) is 4.78. The van der Waals surface area contributed by atoms with Gasteiger partial charge in [0.2, 0.25) is 0 Å². The lowest BCUT2D eigenvalue weighted by atomic mass is 10.2. The maximum Gasteiger partial charge on any atom is 0.267 e. The van der Waals surface area contributed by atoms with E-state index < -0.39 is 5.91 Å². The Labute approximate surface area is 135 Å². The van der Waals surface area contributed by atoms with Crippen molar-refractivity contribution < 1.29 is 9.90 Å². The Balaban J connectivity index is 2.18. The minimum Gasteiger partial charge on any atom is -0.508 e. The van der Waals surface area contributed by atoms with E-state index in [-0.39, 0.29) is 11.3 Å². The number of rotatable bonds is 5. The normalized spacial score (nSPS) is 10.7. The Morgan fingerprint density at radius 3 is 2.43 bits per heavy atom. The summed E-state index contributed by atoms with van der Waals surface area (Å²) < 4.78 is 0. The van der Waals surface area contributed by atoms with Crippen LogP contribution in [0.25, 0.3) is 0 Å². The van der Waals surface area contributed by atoms with Crippen molar-refractivity contribution in [3.63, 3.8) is 0 Å². The summed E-state index contributed by atoms with van der Waals surface area (Å²) in [4.78, 5) is 14.0. The Bertz CT molecular complexity index is 731. The third-order valence-electron chi connectivity index (χ3n) is 3.20. The van der Waals surface area contributed by atoms with Gasteiger partial charge >= 0.3 is 0 Å². The number of nitriles is 1. The first-order valence-electron chi connectivity index (χ1n) is 7.18. The molecular weight excluding hydrogens is 290 g/mol. The molecule has 0 aliphatic carbocycles. The fourth-order valence-electron chi connectivity index (χ4n) is 2.01. The number of carbonyl (C=O) groups is 1. The molecule has 2 rings (SSSR count). The summed E-state index contributed by atoms with van der Waals surface area (Å²) in [5.41, 5.74) is 1.42. The smallest absolute Gasteiger partial charge is 0.267 e. The zero-order valence-electron chi connectivity index (χ0n) is 12.7. The van der Waals surface area contributed by atoms with Crippen molar-refractivity contribution in [3.8, 4) is 11.8 Å². The van der Waals surface area contributed by atoms with Crippen molar-refractivity contribution in [2.45, 2.75) is 6.92 Å². The quantitative estimate of drug-likeness (QED) is 0.505. The highest BCUT2D eigenvalue weighted by Crippen LogP contribution is 2.17. The van der Waals surface area contributed by atoms with E-state index >= 15 is 0 Å². The number of benzene rings is 2. The molecule has 2 aromatic carbocycles. The number of nitrogens with one attached hydrogen (secondary N) is 1. The third kappa shape index (κ3) is 4.35. The number of hydrogen-bond acceptors (Lipinski definition) is 4. The van der Waals surface area contributed by atoms with Gasteiger partial charge < -0.3 is 15.3 Å². The molecule has 0 atom stereocenters. The van der Waals surface area contributed by atoms with Crippen LogP contribution in [0.3, 0.4) is 0 Å². The van der Waals surface area contributed by atoms with E-state index in [2.05, 4.69) is 5.32 Å². The monoisotopic (exact) mass is 307 g/mol. The van der Waals surface area contributed by atoms with Crippen molar-refractivity contribution in [1.82, 2.24) is 0 Å². The van der Waals surface area contributed by atoms with E-state index in [1.807, 2.05) is 48.2 Å². The van der Waals surface area contributed by atoms with E-state index in [0.717, 1.165) is 5.69 Å². The third-order valence-corrected chi connectivity index (χ3v) is 3.20. The van der Waals surface area contributed by atoms with Crippen molar-refractivity contribution in [3.05, 3.63) is 66.4 Å². The Morgan fingerprint density at radius 1 is 1.22 bits per heavy atom. The first-order chi connectivity index (χ1) is 11.1. The lowest BCUT2D eigenvalue weighted by Crippen LogP contribution is -2.20. The molecule has 2 aromatic rings. The zero-order valence-corrected chi connectivity index (χ0v) is 12.7. The molecule has 0 aromatic heterocycles. The highest BCUT2D eigenvalue weighted by atomic mass is 16.3. The number of phenolic OH excluding ortho intramolecular Hbond substituents is 1. The Kier molecular flexibility index (Phi) is 5.37. The summed E-state index contributed by atoms with van der Waals surface area (Å²) in [6, 6.07) is 17.5. The van der Waals surface area contributed by atoms with Gasteiger partial charge in [0.15, 0.2) is 0 Å². The first-order valence-corrected chi connectivity index (χ1v) is 7.18. The van der Waals surface area contributed by atoms with Crippen molar-refractivity contribution >= 4 is 17.3 Å². The maximum atomic E-state index is 12.2. The summed E-state index contributed by atoms with van der Waals surface area (Å²) >= 11 is 0. The van der Waals surface area contributed by atoms with Gasteiger partial charge in [0, 0.05) is 24.1 Å². The van der Waals surface area contributed by atoms with Gasteiger partial charge in [-0.1, -0.05) is 18.2 Å². The SMILES string of the molecule is CCN(/C=C(/C#N)C(=O)Nc1ccc(O)cc1)c1ccccc1. The van der Waals surface area contributed by atoms with Crippen LogP contribution in [0.5, 0.6) is 5.75 Å². The molecule has 5 heteroatoms. The minimum absolute atomic E-state index is 0.00350. The Morgan fingerprint density at radius 2 is 1.87 bits per heavy atom. The van der Waals surface area contributed by atoms with E-state index in [1.165, 1.54) is 18.3 Å². The molecule has 0 aliphatic rings. The average molecular weight is 307 g/mol. The second kappa shape index (κ2) is 7.66. The average Bonchev–Trinajstić information content (AvgIpc) is 2.58. The van der Waals surface area contributed by atoms with E-state index in [1.54, 1.807) is 12.1 Å². The molecule has 0 aliphatic heterocycles. The molecule has 0 radical (unpaired) electrons. The number of hydrogen-bond donors (Lipinski definition) is 2. The van der Waals surface area contributed by atoms with Crippen molar-refractivity contribution in [2.24, 2.45) is 0 Å². The fourth-order valence-corrected chi connectivity index (χ4v) is 2.01. The van der Waals surface area contributed by atoms with Crippen LogP contribution in [0, 0.1) is 11.3 Å². The van der Waals surface area contributed by atoms with Crippen LogP contribution in [-0.4, -0.2) is 17.6 Å². The summed E-state index contributed by atoms with van der Waals surface area (Å²) in [6.45, 7) is 2.57. The fraction of sp³-hybridized carbons (Fsp3) is 0.111. The molecule has 0 unspecified atom stereocenters. The molecule has 0 saturated carbocycles. The number of aromatic hydroxyl groups is 1.